The first-order valence-electron chi connectivity index (χ1n) is 12.5. The summed E-state index contributed by atoms with van der Waals surface area (Å²) in [5.74, 6) is -0.596. The zero-order chi connectivity index (χ0) is 26.3. The number of nitriles is 1. The van der Waals surface area contributed by atoms with Crippen LogP contribution >= 0.6 is 0 Å². The number of benzene rings is 1. The summed E-state index contributed by atoms with van der Waals surface area (Å²) in [6.45, 7) is 3.92. The topological polar surface area (TPSA) is 134 Å². The summed E-state index contributed by atoms with van der Waals surface area (Å²) in [6.07, 6.45) is 2.80. The maximum Gasteiger partial charge on any atom is 0.412 e. The number of anilines is 2. The Labute approximate surface area is 214 Å². The van der Waals surface area contributed by atoms with Crippen molar-refractivity contribution < 1.29 is 19.1 Å². The van der Waals surface area contributed by atoms with Crippen molar-refractivity contribution in [1.82, 2.24) is 9.47 Å². The van der Waals surface area contributed by atoms with Gasteiger partial charge < -0.3 is 19.5 Å². The first-order chi connectivity index (χ1) is 17.7. The SMILES string of the molecule is CC(C)C[C@@H](C(=O)N1C[C@]2(C[C@H]1C#N)C(=O)Nc1ccccc12)n1cccc(NC(=O)OC2CC2)c1=O. The number of carbonyl (C=O) groups excluding carboxylic acids is 3. The largest absolute Gasteiger partial charge is 0.446 e. The molecule has 1 aromatic carbocycles. The van der Waals surface area contributed by atoms with Crippen molar-refractivity contribution in [1.29, 1.82) is 5.26 Å². The van der Waals surface area contributed by atoms with Crippen LogP contribution in [0.1, 0.15) is 51.1 Å². The quantitative estimate of drug-likeness (QED) is 0.622. The highest BCUT2D eigenvalue weighted by atomic mass is 16.6. The molecule has 3 heterocycles. The van der Waals surface area contributed by atoms with E-state index in [0.717, 1.165) is 18.4 Å². The molecule has 2 N–H and O–H groups in total. The van der Waals surface area contributed by atoms with E-state index in [-0.39, 0.29) is 36.6 Å². The van der Waals surface area contributed by atoms with Crippen molar-refractivity contribution in [2.75, 3.05) is 17.2 Å². The molecule has 1 aromatic heterocycles. The van der Waals surface area contributed by atoms with E-state index in [2.05, 4.69) is 16.7 Å². The number of likely N-dealkylation sites (tertiary alicyclic amines) is 1. The Morgan fingerprint density at radius 1 is 1.22 bits per heavy atom. The number of rotatable bonds is 6. The Kier molecular flexibility index (Phi) is 6.23. The molecule has 2 aliphatic heterocycles. The van der Waals surface area contributed by atoms with Crippen LogP contribution < -0.4 is 16.2 Å². The Balaban J connectivity index is 1.46. The molecule has 0 radical (unpaired) electrons. The molecule has 3 amide bonds. The lowest BCUT2D eigenvalue weighted by atomic mass is 9.80. The number of amides is 3. The fraction of sp³-hybridized carbons (Fsp3) is 0.444. The first kappa shape index (κ1) is 24.6. The van der Waals surface area contributed by atoms with Crippen molar-refractivity contribution in [3.8, 4) is 6.07 Å². The van der Waals surface area contributed by atoms with Crippen LogP contribution in [0.25, 0.3) is 0 Å². The van der Waals surface area contributed by atoms with Crippen LogP contribution in [0.3, 0.4) is 0 Å². The molecule has 0 bridgehead atoms. The molecular formula is C27H29N5O5. The van der Waals surface area contributed by atoms with Gasteiger partial charge in [0.2, 0.25) is 11.8 Å². The van der Waals surface area contributed by atoms with E-state index in [1.165, 1.54) is 21.7 Å². The average Bonchev–Trinajstić information content (AvgIpc) is 3.52. The number of para-hydroxylation sites is 1. The summed E-state index contributed by atoms with van der Waals surface area (Å²) in [6, 6.07) is 10.8. The highest BCUT2D eigenvalue weighted by Crippen LogP contribution is 2.46. The highest BCUT2D eigenvalue weighted by molar-refractivity contribution is 6.07. The third kappa shape index (κ3) is 4.46. The van der Waals surface area contributed by atoms with E-state index in [9.17, 15) is 24.4 Å². The van der Waals surface area contributed by atoms with Crippen molar-refractivity contribution in [2.45, 2.75) is 63.1 Å². The lowest BCUT2D eigenvalue weighted by Crippen LogP contribution is -2.45. The standard InChI is InChI=1S/C27H29N5O5/c1-16(2)12-22(31-11-5-8-21(23(31)33)30-26(36)37-18-9-10-18)24(34)32-15-27(13-17(32)14-28)19-6-3-4-7-20(19)29-25(27)35/h3-8,11,16-18,22H,9-10,12-13,15H2,1-2H3,(H,29,35)(H,30,36)/t17-,22-,27-/m0/s1. The molecule has 1 saturated carbocycles. The number of ether oxygens (including phenoxy) is 1. The van der Waals surface area contributed by atoms with Crippen molar-refractivity contribution in [3.63, 3.8) is 0 Å². The fourth-order valence-electron chi connectivity index (χ4n) is 5.28. The number of nitrogens with one attached hydrogen (secondary N) is 2. The smallest absolute Gasteiger partial charge is 0.412 e. The summed E-state index contributed by atoms with van der Waals surface area (Å²) in [5.41, 5.74) is -0.0939. The average molecular weight is 504 g/mol. The number of fused-ring (bicyclic) bond motifs is 2. The molecule has 1 aliphatic carbocycles. The van der Waals surface area contributed by atoms with Crippen LogP contribution in [-0.2, 0) is 19.7 Å². The molecule has 0 unspecified atom stereocenters. The molecule has 3 atom stereocenters. The second-order valence-corrected chi connectivity index (χ2v) is 10.4. The van der Waals surface area contributed by atoms with Gasteiger partial charge in [0, 0.05) is 24.8 Å². The molecular weight excluding hydrogens is 474 g/mol. The second-order valence-electron chi connectivity index (χ2n) is 10.4. The molecule has 1 saturated heterocycles. The van der Waals surface area contributed by atoms with Gasteiger partial charge in [0.05, 0.1) is 11.5 Å². The number of aromatic nitrogens is 1. The van der Waals surface area contributed by atoms with E-state index in [1.54, 1.807) is 6.07 Å². The van der Waals surface area contributed by atoms with E-state index in [0.29, 0.717) is 12.1 Å². The lowest BCUT2D eigenvalue weighted by molar-refractivity contribution is -0.135. The Morgan fingerprint density at radius 2 is 1.97 bits per heavy atom. The minimum Gasteiger partial charge on any atom is -0.446 e. The van der Waals surface area contributed by atoms with Gasteiger partial charge in [-0.25, -0.2) is 4.79 Å². The predicted molar refractivity (Wildman–Crippen MR) is 135 cm³/mol. The Bertz CT molecular complexity index is 1360. The molecule has 5 rings (SSSR count). The predicted octanol–water partition coefficient (Wildman–Crippen LogP) is 3.16. The van der Waals surface area contributed by atoms with E-state index in [4.69, 9.17) is 4.74 Å². The summed E-state index contributed by atoms with van der Waals surface area (Å²) in [4.78, 5) is 54.1. The van der Waals surface area contributed by atoms with Gasteiger partial charge in [-0.1, -0.05) is 32.0 Å². The fourth-order valence-corrected chi connectivity index (χ4v) is 5.28. The van der Waals surface area contributed by atoms with Crippen molar-refractivity contribution >= 4 is 29.3 Å². The van der Waals surface area contributed by atoms with Gasteiger partial charge in [-0.15, -0.1) is 0 Å². The highest BCUT2D eigenvalue weighted by Gasteiger charge is 2.56. The van der Waals surface area contributed by atoms with Gasteiger partial charge in [0.1, 0.15) is 23.9 Å². The lowest BCUT2D eigenvalue weighted by Gasteiger charge is -2.29. The van der Waals surface area contributed by atoms with E-state index in [1.807, 2.05) is 38.1 Å². The number of hydrogen-bond donors (Lipinski definition) is 2. The maximum absolute atomic E-state index is 14.0. The molecule has 10 heteroatoms. The Morgan fingerprint density at radius 3 is 2.68 bits per heavy atom. The maximum atomic E-state index is 14.0. The third-order valence-corrected chi connectivity index (χ3v) is 7.24. The second kappa shape index (κ2) is 9.39. The molecule has 3 aliphatic rings. The van der Waals surface area contributed by atoms with Crippen molar-refractivity contribution in [2.24, 2.45) is 5.92 Å². The van der Waals surface area contributed by atoms with Crippen LogP contribution in [0.2, 0.25) is 0 Å². The zero-order valence-electron chi connectivity index (χ0n) is 20.8. The first-order valence-corrected chi connectivity index (χ1v) is 12.5. The minimum absolute atomic E-state index is 0.00790. The minimum atomic E-state index is -1.02. The number of carbonyl (C=O) groups is 3. The molecule has 37 heavy (non-hydrogen) atoms. The third-order valence-electron chi connectivity index (χ3n) is 7.24. The molecule has 2 aromatic rings. The van der Waals surface area contributed by atoms with Gasteiger partial charge in [-0.3, -0.25) is 19.7 Å². The van der Waals surface area contributed by atoms with Crippen molar-refractivity contribution in [3.05, 3.63) is 58.5 Å². The van der Waals surface area contributed by atoms with Crippen LogP contribution in [0.15, 0.2) is 47.4 Å². The molecule has 10 nitrogen and oxygen atoms in total. The molecule has 1 spiro atoms. The van der Waals surface area contributed by atoms with E-state index >= 15 is 0 Å². The number of hydrogen-bond acceptors (Lipinski definition) is 6. The zero-order valence-corrected chi connectivity index (χ0v) is 20.8. The van der Waals surface area contributed by atoms with Gasteiger partial charge in [0.25, 0.3) is 5.56 Å². The summed E-state index contributed by atoms with van der Waals surface area (Å²) in [5, 5.41) is 15.3. The summed E-state index contributed by atoms with van der Waals surface area (Å²) >= 11 is 0. The number of nitrogens with zero attached hydrogens (tertiary/aromatic N) is 3. The molecule has 2 fully saturated rings. The van der Waals surface area contributed by atoms with Crippen LogP contribution in [-0.4, -0.2) is 46.1 Å². The van der Waals surface area contributed by atoms with Crippen LogP contribution in [0.4, 0.5) is 16.2 Å². The Hall–Kier alpha value is -4.13. The summed E-state index contributed by atoms with van der Waals surface area (Å²) < 4.78 is 6.49. The normalized spacial score (nSPS) is 22.9. The van der Waals surface area contributed by atoms with Gasteiger partial charge in [-0.05, 0) is 48.9 Å². The van der Waals surface area contributed by atoms with E-state index < -0.39 is 35.1 Å². The summed E-state index contributed by atoms with van der Waals surface area (Å²) in [7, 11) is 0. The van der Waals surface area contributed by atoms with Crippen LogP contribution in [0.5, 0.6) is 0 Å². The van der Waals surface area contributed by atoms with Crippen LogP contribution in [0, 0.1) is 17.2 Å². The monoisotopic (exact) mass is 503 g/mol. The van der Waals surface area contributed by atoms with Gasteiger partial charge >= 0.3 is 6.09 Å². The van der Waals surface area contributed by atoms with Gasteiger partial charge in [-0.2, -0.15) is 5.26 Å². The van der Waals surface area contributed by atoms with Gasteiger partial charge in [0.15, 0.2) is 0 Å². The molecule has 192 valence electrons. The number of pyridine rings is 1.